The first-order chi connectivity index (χ1) is 22.4. The number of nitrogens with zero attached hydrogens (tertiary/aromatic N) is 2. The van der Waals surface area contributed by atoms with Crippen LogP contribution in [0.15, 0.2) is 30.3 Å². The van der Waals surface area contributed by atoms with Gasteiger partial charge in [0.15, 0.2) is 11.8 Å². The molecule has 1 unspecified atom stereocenters. The van der Waals surface area contributed by atoms with Gasteiger partial charge in [-0.25, -0.2) is 4.79 Å². The fourth-order valence-corrected chi connectivity index (χ4v) is 6.56. The molecule has 9 nitrogen and oxygen atoms in total. The minimum Gasteiger partial charge on any atom is -0.495 e. The van der Waals surface area contributed by atoms with Crippen LogP contribution >= 0.6 is 11.3 Å². The number of ether oxygens (including phenoxy) is 2. The molecule has 262 valence electrons. The van der Waals surface area contributed by atoms with Gasteiger partial charge in [-0.05, 0) is 50.6 Å². The summed E-state index contributed by atoms with van der Waals surface area (Å²) >= 11 is 1.35. The molecule has 0 aliphatic rings. The lowest BCUT2D eigenvalue weighted by Crippen LogP contribution is -2.54. The summed E-state index contributed by atoms with van der Waals surface area (Å²) in [6.45, 7) is 14.7. The molecule has 1 aromatic heterocycles. The third-order valence-corrected chi connectivity index (χ3v) is 9.29. The van der Waals surface area contributed by atoms with Gasteiger partial charge in [0.2, 0.25) is 5.91 Å². The van der Waals surface area contributed by atoms with E-state index in [1.165, 1.54) is 81.3 Å². The predicted molar refractivity (Wildman–Crippen MR) is 193 cm³/mol. The number of benzene rings is 1. The molecule has 47 heavy (non-hydrogen) atoms. The molecule has 0 aliphatic heterocycles. The number of anilines is 3. The fraction of sp³-hybridized carbons (Fsp3) is 0.622. The number of esters is 1. The van der Waals surface area contributed by atoms with Crippen LogP contribution in [-0.2, 0) is 19.1 Å². The minimum absolute atomic E-state index is 0.205. The number of rotatable bonds is 21. The van der Waals surface area contributed by atoms with Crippen molar-refractivity contribution >= 4 is 50.6 Å². The minimum atomic E-state index is -1.45. The number of Topliss-reactive ketones (excluding diaryl/α,β-unsaturated/α-hetero) is 1. The Morgan fingerprint density at radius 1 is 0.830 bits per heavy atom. The van der Waals surface area contributed by atoms with Crippen molar-refractivity contribution in [1.82, 2.24) is 0 Å². The summed E-state index contributed by atoms with van der Waals surface area (Å²) < 4.78 is 11.0. The zero-order valence-electron chi connectivity index (χ0n) is 29.9. The SMILES string of the molecule is CCCCCCCCCCCCOC(=O)c1ccc(OC)c(NC(=O)C(C(=O)C(C)(C)C)N(C(C)=O)c2ccc(N(CC)CC)s2)c1. The van der Waals surface area contributed by atoms with Gasteiger partial charge in [-0.1, -0.05) is 85.5 Å². The van der Waals surface area contributed by atoms with Gasteiger partial charge < -0.3 is 19.7 Å². The van der Waals surface area contributed by atoms with Crippen LogP contribution in [-0.4, -0.2) is 56.4 Å². The molecule has 0 saturated heterocycles. The molecule has 2 rings (SSSR count). The number of hydrogen-bond donors (Lipinski definition) is 1. The van der Waals surface area contributed by atoms with Crippen LogP contribution in [0.25, 0.3) is 0 Å². The lowest BCUT2D eigenvalue weighted by atomic mass is 9.85. The number of carbonyl (C=O) groups excluding carboxylic acids is 4. The number of carbonyl (C=O) groups is 4. The standard InChI is InChI=1S/C37H57N3O6S/c1-9-12-13-14-15-16-17-18-19-20-25-46-36(44)28-21-22-30(45-8)29(26-28)38-35(43)33(34(42)37(5,6)7)40(27(4)41)32-24-23-31(47-32)39(10-2)11-3/h21-24,26,33H,9-20,25H2,1-8H3,(H,38,43). The number of hydrogen-bond acceptors (Lipinski definition) is 8. The quantitative estimate of drug-likeness (QED) is 0.0804. The number of methoxy groups -OCH3 is 1. The maximum Gasteiger partial charge on any atom is 0.338 e. The van der Waals surface area contributed by atoms with E-state index in [4.69, 9.17) is 9.47 Å². The normalized spacial score (nSPS) is 11.9. The fourth-order valence-electron chi connectivity index (χ4n) is 5.35. The summed E-state index contributed by atoms with van der Waals surface area (Å²) in [5, 5.41) is 4.21. The maximum absolute atomic E-state index is 14.0. The molecule has 2 aromatic rings. The van der Waals surface area contributed by atoms with E-state index in [0.717, 1.165) is 37.4 Å². The zero-order valence-corrected chi connectivity index (χ0v) is 30.7. The van der Waals surface area contributed by atoms with Crippen LogP contribution < -0.4 is 19.9 Å². The van der Waals surface area contributed by atoms with Crippen LogP contribution in [0.3, 0.4) is 0 Å². The van der Waals surface area contributed by atoms with Crippen LogP contribution in [0.4, 0.5) is 15.7 Å². The van der Waals surface area contributed by atoms with Gasteiger partial charge in [0.1, 0.15) is 10.8 Å². The van der Waals surface area contributed by atoms with Crippen molar-refractivity contribution in [2.45, 2.75) is 119 Å². The van der Waals surface area contributed by atoms with E-state index in [-0.39, 0.29) is 11.3 Å². The second-order valence-corrected chi connectivity index (χ2v) is 14.0. The van der Waals surface area contributed by atoms with Gasteiger partial charge in [-0.15, -0.1) is 11.3 Å². The Balaban J connectivity index is 2.18. The summed E-state index contributed by atoms with van der Waals surface area (Å²) in [4.78, 5) is 57.2. The summed E-state index contributed by atoms with van der Waals surface area (Å²) in [5.41, 5.74) is -0.479. The summed E-state index contributed by atoms with van der Waals surface area (Å²) in [5.74, 6) is -1.76. The Morgan fingerprint density at radius 3 is 1.94 bits per heavy atom. The van der Waals surface area contributed by atoms with Gasteiger partial charge in [0.05, 0.1) is 30.0 Å². The van der Waals surface area contributed by atoms with Gasteiger partial charge in [0, 0.05) is 25.4 Å². The first-order valence-electron chi connectivity index (χ1n) is 17.2. The number of nitrogens with one attached hydrogen (secondary N) is 1. The predicted octanol–water partition coefficient (Wildman–Crippen LogP) is 8.66. The van der Waals surface area contributed by atoms with E-state index < -0.39 is 35.0 Å². The van der Waals surface area contributed by atoms with Crippen molar-refractivity contribution in [2.75, 3.05) is 41.9 Å². The molecule has 10 heteroatoms. The lowest BCUT2D eigenvalue weighted by molar-refractivity contribution is -0.135. The summed E-state index contributed by atoms with van der Waals surface area (Å²) in [7, 11) is 1.45. The second kappa shape index (κ2) is 20.1. The van der Waals surface area contributed by atoms with E-state index in [0.29, 0.717) is 17.4 Å². The van der Waals surface area contributed by atoms with Crippen molar-refractivity contribution in [3.8, 4) is 5.75 Å². The third-order valence-electron chi connectivity index (χ3n) is 8.15. The first-order valence-corrected chi connectivity index (χ1v) is 18.1. The van der Waals surface area contributed by atoms with Crippen LogP contribution in [0, 0.1) is 5.41 Å². The van der Waals surface area contributed by atoms with Crippen molar-refractivity contribution < 1.29 is 28.7 Å². The number of thiophene rings is 1. The van der Waals surface area contributed by atoms with Crippen LogP contribution in [0.1, 0.15) is 123 Å². The van der Waals surface area contributed by atoms with Crippen LogP contribution in [0.5, 0.6) is 5.75 Å². The van der Waals surface area contributed by atoms with Crippen molar-refractivity contribution in [2.24, 2.45) is 5.41 Å². The highest BCUT2D eigenvalue weighted by molar-refractivity contribution is 7.20. The molecule has 0 fully saturated rings. The molecule has 1 N–H and O–H groups in total. The Labute approximate surface area is 286 Å². The molecule has 0 bridgehead atoms. The van der Waals surface area contributed by atoms with E-state index >= 15 is 0 Å². The second-order valence-electron chi connectivity index (χ2n) is 12.9. The molecular weight excluding hydrogens is 614 g/mol. The lowest BCUT2D eigenvalue weighted by Gasteiger charge is -2.32. The molecule has 0 aliphatic carbocycles. The molecule has 1 heterocycles. The van der Waals surface area contributed by atoms with E-state index in [1.54, 1.807) is 39.0 Å². The topological polar surface area (TPSA) is 105 Å². The molecule has 0 radical (unpaired) electrons. The number of ketones is 1. The molecule has 1 atom stereocenters. The van der Waals surface area contributed by atoms with E-state index in [1.807, 2.05) is 19.9 Å². The molecule has 1 aromatic carbocycles. The zero-order chi connectivity index (χ0) is 35.0. The molecule has 0 saturated carbocycles. The molecule has 0 spiro atoms. The number of amides is 2. The average molecular weight is 672 g/mol. The Hall–Kier alpha value is -3.40. The average Bonchev–Trinajstić information content (AvgIpc) is 3.51. The van der Waals surface area contributed by atoms with E-state index in [2.05, 4.69) is 17.1 Å². The molecular formula is C37H57N3O6S. The first kappa shape index (κ1) is 39.8. The van der Waals surface area contributed by atoms with Gasteiger partial charge in [-0.2, -0.15) is 0 Å². The van der Waals surface area contributed by atoms with Crippen molar-refractivity contribution in [3.63, 3.8) is 0 Å². The van der Waals surface area contributed by atoms with Crippen molar-refractivity contribution in [1.29, 1.82) is 0 Å². The van der Waals surface area contributed by atoms with Crippen molar-refractivity contribution in [3.05, 3.63) is 35.9 Å². The maximum atomic E-state index is 14.0. The Kier molecular flexibility index (Phi) is 17.0. The largest absolute Gasteiger partial charge is 0.495 e. The highest BCUT2D eigenvalue weighted by Gasteiger charge is 2.42. The highest BCUT2D eigenvalue weighted by atomic mass is 32.1. The van der Waals surface area contributed by atoms with E-state index in [9.17, 15) is 19.2 Å². The Morgan fingerprint density at radius 2 is 1.40 bits per heavy atom. The third kappa shape index (κ3) is 12.3. The summed E-state index contributed by atoms with van der Waals surface area (Å²) in [6.07, 6.45) is 11.9. The Bertz CT molecular complexity index is 1300. The van der Waals surface area contributed by atoms with Crippen LogP contribution in [0.2, 0.25) is 0 Å². The monoisotopic (exact) mass is 671 g/mol. The smallest absolute Gasteiger partial charge is 0.338 e. The number of unbranched alkanes of at least 4 members (excludes halogenated alkanes) is 9. The summed E-state index contributed by atoms with van der Waals surface area (Å²) in [6, 6.07) is 6.85. The highest BCUT2D eigenvalue weighted by Crippen LogP contribution is 2.36. The van der Waals surface area contributed by atoms with Gasteiger partial charge in [0.25, 0.3) is 5.91 Å². The molecule has 2 amide bonds. The van der Waals surface area contributed by atoms with Gasteiger partial charge >= 0.3 is 5.97 Å². The van der Waals surface area contributed by atoms with Gasteiger partial charge in [-0.3, -0.25) is 19.3 Å².